The molecule has 2 N–H and O–H groups in total. The van der Waals surface area contributed by atoms with Crippen molar-refractivity contribution in [1.29, 1.82) is 0 Å². The number of carboxylic acids is 1. The van der Waals surface area contributed by atoms with Crippen LogP contribution in [0.3, 0.4) is 0 Å². The molecule has 0 spiro atoms. The summed E-state index contributed by atoms with van der Waals surface area (Å²) in [4.78, 5) is 11.2. The number of halogens is 1. The van der Waals surface area contributed by atoms with Crippen molar-refractivity contribution in [3.63, 3.8) is 0 Å². The topological polar surface area (TPSA) is 49.3 Å². The van der Waals surface area contributed by atoms with Gasteiger partial charge in [0, 0.05) is 0 Å². The average molecular weight is 237 g/mol. The summed E-state index contributed by atoms with van der Waals surface area (Å²) in [5.74, 6) is -0.768. The van der Waals surface area contributed by atoms with Gasteiger partial charge >= 0.3 is 5.97 Å². The van der Waals surface area contributed by atoms with Crippen LogP contribution in [0, 0.1) is 18.7 Å². The summed E-state index contributed by atoms with van der Waals surface area (Å²) in [7, 11) is 0. The third-order valence-corrected chi connectivity index (χ3v) is 3.11. The Hall–Kier alpha value is -1.42. The third-order valence-electron chi connectivity index (χ3n) is 3.11. The second-order valence-electron chi connectivity index (χ2n) is 4.62. The van der Waals surface area contributed by atoms with Gasteiger partial charge in [-0.2, -0.15) is 0 Å². The molecule has 1 atom stereocenters. The average Bonchev–Trinajstić information content (AvgIpc) is 3.06. The summed E-state index contributed by atoms with van der Waals surface area (Å²) >= 11 is 0. The van der Waals surface area contributed by atoms with E-state index in [-0.39, 0.29) is 0 Å². The van der Waals surface area contributed by atoms with E-state index in [1.807, 2.05) is 0 Å². The maximum atomic E-state index is 13.2. The second-order valence-corrected chi connectivity index (χ2v) is 4.62. The number of carboxylic acid groups (broad SMARTS) is 1. The lowest BCUT2D eigenvalue weighted by molar-refractivity contribution is -0.139. The van der Waals surface area contributed by atoms with Crippen LogP contribution in [0.2, 0.25) is 0 Å². The molecule has 1 aliphatic carbocycles. The zero-order valence-electron chi connectivity index (χ0n) is 9.74. The quantitative estimate of drug-likeness (QED) is 0.825. The Morgan fingerprint density at radius 3 is 2.88 bits per heavy atom. The molecule has 0 heterocycles. The molecule has 0 saturated heterocycles. The van der Waals surface area contributed by atoms with Crippen molar-refractivity contribution in [2.45, 2.75) is 25.8 Å². The summed E-state index contributed by atoms with van der Waals surface area (Å²) < 4.78 is 13.2. The Labute approximate surface area is 99.7 Å². The molecule has 1 unspecified atom stereocenters. The number of rotatable bonds is 5. The minimum Gasteiger partial charge on any atom is -0.480 e. The summed E-state index contributed by atoms with van der Waals surface area (Å²) in [5, 5.41) is 12.2. The molecule has 3 nitrogen and oxygen atoms in total. The first-order valence-corrected chi connectivity index (χ1v) is 5.80. The fourth-order valence-corrected chi connectivity index (χ4v) is 1.86. The Bertz CT molecular complexity index is 429. The van der Waals surface area contributed by atoms with E-state index in [9.17, 15) is 14.3 Å². The Kier molecular flexibility index (Phi) is 3.43. The van der Waals surface area contributed by atoms with E-state index in [4.69, 9.17) is 0 Å². The molecule has 92 valence electrons. The van der Waals surface area contributed by atoms with Crippen molar-refractivity contribution in [2.75, 3.05) is 6.54 Å². The normalized spacial score (nSPS) is 16.8. The van der Waals surface area contributed by atoms with Gasteiger partial charge in [0.2, 0.25) is 0 Å². The fourth-order valence-electron chi connectivity index (χ4n) is 1.86. The van der Waals surface area contributed by atoms with Crippen molar-refractivity contribution in [3.05, 3.63) is 35.1 Å². The van der Waals surface area contributed by atoms with E-state index in [1.165, 1.54) is 12.1 Å². The Morgan fingerprint density at radius 2 is 2.29 bits per heavy atom. The first-order chi connectivity index (χ1) is 8.08. The number of nitrogens with one attached hydrogen (secondary N) is 1. The zero-order valence-corrected chi connectivity index (χ0v) is 9.74. The highest BCUT2D eigenvalue weighted by molar-refractivity contribution is 5.76. The van der Waals surface area contributed by atoms with Crippen LogP contribution < -0.4 is 5.32 Å². The van der Waals surface area contributed by atoms with Crippen LogP contribution >= 0.6 is 0 Å². The zero-order chi connectivity index (χ0) is 12.4. The summed E-state index contributed by atoms with van der Waals surface area (Å²) in [5.41, 5.74) is 1.31. The molecule has 1 aliphatic rings. The van der Waals surface area contributed by atoms with Crippen LogP contribution in [0.4, 0.5) is 4.39 Å². The SMILES string of the molecule is Cc1ccc(F)cc1C(NCC1CC1)C(=O)O. The summed E-state index contributed by atoms with van der Waals surface area (Å²) in [6.45, 7) is 2.48. The summed E-state index contributed by atoms with van der Waals surface area (Å²) in [6, 6.07) is 3.44. The monoisotopic (exact) mass is 237 g/mol. The lowest BCUT2D eigenvalue weighted by Gasteiger charge is -2.17. The van der Waals surface area contributed by atoms with Gasteiger partial charge in [-0.3, -0.25) is 4.79 Å². The fraction of sp³-hybridized carbons (Fsp3) is 0.462. The maximum Gasteiger partial charge on any atom is 0.325 e. The van der Waals surface area contributed by atoms with Crippen molar-refractivity contribution in [1.82, 2.24) is 5.32 Å². The standard InChI is InChI=1S/C13H16FNO2/c1-8-2-5-10(14)6-11(8)12(13(16)17)15-7-9-3-4-9/h2,5-6,9,12,15H,3-4,7H2,1H3,(H,16,17). The molecule has 0 radical (unpaired) electrons. The molecule has 0 amide bonds. The van der Waals surface area contributed by atoms with E-state index in [2.05, 4.69) is 5.32 Å². The third kappa shape index (κ3) is 3.03. The largest absolute Gasteiger partial charge is 0.480 e. The predicted molar refractivity (Wildman–Crippen MR) is 62.2 cm³/mol. The highest BCUT2D eigenvalue weighted by Gasteiger charge is 2.26. The minimum absolute atomic E-state index is 0.398. The molecule has 1 aromatic carbocycles. The van der Waals surface area contributed by atoms with Gasteiger partial charge in [-0.1, -0.05) is 6.07 Å². The van der Waals surface area contributed by atoms with E-state index in [0.717, 1.165) is 18.4 Å². The minimum atomic E-state index is -0.959. The Morgan fingerprint density at radius 1 is 1.59 bits per heavy atom. The molecule has 1 aromatic rings. The molecule has 4 heteroatoms. The van der Waals surface area contributed by atoms with Crippen molar-refractivity contribution < 1.29 is 14.3 Å². The number of hydrogen-bond donors (Lipinski definition) is 2. The van der Waals surface area contributed by atoms with Gasteiger partial charge in [-0.15, -0.1) is 0 Å². The molecule has 0 bridgehead atoms. The van der Waals surface area contributed by atoms with Crippen molar-refractivity contribution in [3.8, 4) is 0 Å². The van der Waals surface area contributed by atoms with Gasteiger partial charge in [0.1, 0.15) is 11.9 Å². The van der Waals surface area contributed by atoms with Crippen LogP contribution in [0.15, 0.2) is 18.2 Å². The first-order valence-electron chi connectivity index (χ1n) is 5.80. The maximum absolute atomic E-state index is 13.2. The van der Waals surface area contributed by atoms with Gasteiger partial charge in [-0.25, -0.2) is 4.39 Å². The number of benzene rings is 1. The van der Waals surface area contributed by atoms with Gasteiger partial charge in [0.25, 0.3) is 0 Å². The number of carbonyl (C=O) groups is 1. The van der Waals surface area contributed by atoms with Crippen molar-refractivity contribution in [2.24, 2.45) is 5.92 Å². The number of aliphatic carboxylic acids is 1. The van der Waals surface area contributed by atoms with Gasteiger partial charge in [0.15, 0.2) is 0 Å². The molecule has 2 rings (SSSR count). The smallest absolute Gasteiger partial charge is 0.325 e. The van der Waals surface area contributed by atoms with Crippen LogP contribution in [0.5, 0.6) is 0 Å². The Balaban J connectivity index is 2.17. The van der Waals surface area contributed by atoms with E-state index >= 15 is 0 Å². The molecule has 0 aliphatic heterocycles. The van der Waals surface area contributed by atoms with Gasteiger partial charge in [0.05, 0.1) is 0 Å². The highest BCUT2D eigenvalue weighted by atomic mass is 19.1. The molecule has 17 heavy (non-hydrogen) atoms. The van der Waals surface area contributed by atoms with Crippen molar-refractivity contribution >= 4 is 5.97 Å². The van der Waals surface area contributed by atoms with E-state index in [1.54, 1.807) is 13.0 Å². The highest BCUT2D eigenvalue weighted by Crippen LogP contribution is 2.29. The molecule has 1 fully saturated rings. The lowest BCUT2D eigenvalue weighted by Crippen LogP contribution is -2.30. The van der Waals surface area contributed by atoms with Gasteiger partial charge < -0.3 is 10.4 Å². The van der Waals surface area contributed by atoms with Crippen LogP contribution in [-0.4, -0.2) is 17.6 Å². The second kappa shape index (κ2) is 4.84. The molecular weight excluding hydrogens is 221 g/mol. The van der Waals surface area contributed by atoms with Crippen LogP contribution in [0.1, 0.15) is 30.0 Å². The first kappa shape index (κ1) is 12.0. The van der Waals surface area contributed by atoms with Crippen LogP contribution in [0.25, 0.3) is 0 Å². The van der Waals surface area contributed by atoms with E-state index in [0.29, 0.717) is 18.0 Å². The van der Waals surface area contributed by atoms with Crippen LogP contribution in [-0.2, 0) is 4.79 Å². The number of aryl methyl sites for hydroxylation is 1. The molecule has 0 aromatic heterocycles. The number of hydrogen-bond acceptors (Lipinski definition) is 2. The molecule has 1 saturated carbocycles. The molecular formula is C13H16FNO2. The lowest BCUT2D eigenvalue weighted by atomic mass is 10.0. The van der Waals surface area contributed by atoms with E-state index < -0.39 is 17.8 Å². The van der Waals surface area contributed by atoms with Gasteiger partial charge in [-0.05, 0) is 55.5 Å². The summed E-state index contributed by atoms with van der Waals surface area (Å²) in [6.07, 6.45) is 2.31. The predicted octanol–water partition coefficient (Wildman–Crippen LogP) is 2.26.